The van der Waals surface area contributed by atoms with E-state index in [1.54, 1.807) is 36.4 Å². The first kappa shape index (κ1) is 21.6. The highest BCUT2D eigenvalue weighted by atomic mass is 16.7. The van der Waals surface area contributed by atoms with E-state index in [2.05, 4.69) is 4.74 Å². The van der Waals surface area contributed by atoms with Gasteiger partial charge in [0.1, 0.15) is 11.5 Å². The first-order chi connectivity index (χ1) is 14.7. The van der Waals surface area contributed by atoms with Gasteiger partial charge in [0.25, 0.3) is 0 Å². The van der Waals surface area contributed by atoms with Gasteiger partial charge in [-0.3, -0.25) is 0 Å². The lowest BCUT2D eigenvalue weighted by molar-refractivity contribution is 0.0691. The molecule has 0 fully saturated rings. The molecule has 3 rings (SSSR count). The Hall–Kier alpha value is -4.13. The van der Waals surface area contributed by atoms with Gasteiger partial charge in [0.05, 0.1) is 11.1 Å². The largest absolute Gasteiger partial charge is 0.511 e. The van der Waals surface area contributed by atoms with Gasteiger partial charge in [-0.05, 0) is 59.7 Å². The van der Waals surface area contributed by atoms with Crippen LogP contribution in [-0.4, -0.2) is 28.3 Å². The highest BCUT2D eigenvalue weighted by Crippen LogP contribution is 2.33. The molecule has 0 atom stereocenters. The fourth-order valence-corrected chi connectivity index (χ4v) is 3.06. The molecule has 7 heteroatoms. The van der Waals surface area contributed by atoms with Crippen molar-refractivity contribution < 1.29 is 34.1 Å². The van der Waals surface area contributed by atoms with Crippen LogP contribution >= 0.6 is 0 Å². The first-order valence-electron chi connectivity index (χ1n) is 9.34. The lowest BCUT2D eigenvalue weighted by atomic mass is 9.78. The van der Waals surface area contributed by atoms with E-state index < -0.39 is 23.5 Å². The number of hydrogen-bond donors (Lipinski definition) is 2. The number of carboxylic acid groups (broad SMARTS) is 2. The van der Waals surface area contributed by atoms with Gasteiger partial charge < -0.3 is 19.7 Å². The lowest BCUT2D eigenvalue weighted by Gasteiger charge is -2.26. The van der Waals surface area contributed by atoms with Gasteiger partial charge in [-0.2, -0.15) is 0 Å². The number of hydrogen-bond acceptors (Lipinski definition) is 5. The smallest absolute Gasteiger partial charge is 0.478 e. The van der Waals surface area contributed by atoms with Gasteiger partial charge in [-0.1, -0.05) is 38.1 Å². The van der Waals surface area contributed by atoms with Crippen molar-refractivity contribution in [2.45, 2.75) is 19.3 Å². The zero-order chi connectivity index (χ0) is 22.6. The summed E-state index contributed by atoms with van der Waals surface area (Å²) in [6.07, 6.45) is -1.37. The van der Waals surface area contributed by atoms with E-state index in [4.69, 9.17) is 14.9 Å². The summed E-state index contributed by atoms with van der Waals surface area (Å²) < 4.78 is 10.0. The molecule has 0 radical (unpaired) electrons. The molecule has 0 saturated carbocycles. The minimum absolute atomic E-state index is 0.0886. The maximum Gasteiger partial charge on any atom is 0.511 e. The average Bonchev–Trinajstić information content (AvgIpc) is 2.74. The summed E-state index contributed by atoms with van der Waals surface area (Å²) in [6, 6.07) is 19.3. The Balaban J connectivity index is 1.71. The number of rotatable bonds is 6. The van der Waals surface area contributed by atoms with Crippen LogP contribution in [0.2, 0.25) is 0 Å². The molecule has 0 bridgehead atoms. The van der Waals surface area contributed by atoms with Gasteiger partial charge in [0.15, 0.2) is 0 Å². The summed E-state index contributed by atoms with van der Waals surface area (Å²) in [7, 11) is 0. The fraction of sp³-hybridized carbons (Fsp3) is 0.125. The maximum absolute atomic E-state index is 12.3. The molecule has 0 spiro atoms. The van der Waals surface area contributed by atoms with Crippen LogP contribution in [0.3, 0.4) is 0 Å². The molecule has 31 heavy (non-hydrogen) atoms. The van der Waals surface area contributed by atoms with Crippen molar-refractivity contribution in [3.05, 3.63) is 95.1 Å². The highest BCUT2D eigenvalue weighted by Gasteiger charge is 2.23. The van der Waals surface area contributed by atoms with Gasteiger partial charge in [0, 0.05) is 5.41 Å². The quantitative estimate of drug-likeness (QED) is 0.328. The third-order valence-corrected chi connectivity index (χ3v) is 4.94. The number of aromatic carboxylic acids is 1. The van der Waals surface area contributed by atoms with Crippen molar-refractivity contribution in [2.24, 2.45) is 0 Å². The fourth-order valence-electron chi connectivity index (χ4n) is 3.06. The summed E-state index contributed by atoms with van der Waals surface area (Å²) in [5.74, 6) is -1.05. The SMILES string of the molecule is CC(C)(c1ccc(OC(=O)O)cc1)c1ccc(OC(=O)c2ccc(C(=O)O)cc2)cc1. The van der Waals surface area contributed by atoms with E-state index in [1.807, 2.05) is 26.0 Å². The zero-order valence-corrected chi connectivity index (χ0v) is 16.9. The molecule has 0 saturated heterocycles. The van der Waals surface area contributed by atoms with Crippen LogP contribution in [0.4, 0.5) is 4.79 Å². The second-order valence-corrected chi connectivity index (χ2v) is 7.31. The summed E-state index contributed by atoms with van der Waals surface area (Å²) in [6.45, 7) is 4.04. The number of ether oxygens (including phenoxy) is 2. The predicted molar refractivity (Wildman–Crippen MR) is 112 cm³/mol. The predicted octanol–water partition coefficient (Wildman–Crippen LogP) is 4.99. The van der Waals surface area contributed by atoms with Crippen molar-refractivity contribution in [3.8, 4) is 11.5 Å². The Morgan fingerprint density at radius 1 is 0.645 bits per heavy atom. The van der Waals surface area contributed by atoms with Crippen molar-refractivity contribution in [2.75, 3.05) is 0 Å². The molecule has 3 aromatic rings. The minimum atomic E-state index is -1.37. The van der Waals surface area contributed by atoms with Crippen molar-refractivity contribution in [1.29, 1.82) is 0 Å². The van der Waals surface area contributed by atoms with Crippen LogP contribution in [0.1, 0.15) is 45.7 Å². The Bertz CT molecular complexity index is 1100. The van der Waals surface area contributed by atoms with E-state index in [1.165, 1.54) is 24.3 Å². The number of carbonyl (C=O) groups excluding carboxylic acids is 1. The average molecular weight is 420 g/mol. The van der Waals surface area contributed by atoms with Crippen LogP contribution in [-0.2, 0) is 5.41 Å². The van der Waals surface area contributed by atoms with Crippen molar-refractivity contribution in [3.63, 3.8) is 0 Å². The maximum atomic E-state index is 12.3. The number of carbonyl (C=O) groups is 3. The molecule has 0 aromatic heterocycles. The molecule has 2 N–H and O–H groups in total. The summed E-state index contributed by atoms with van der Waals surface area (Å²) >= 11 is 0. The van der Waals surface area contributed by atoms with Gasteiger partial charge >= 0.3 is 18.1 Å². The minimum Gasteiger partial charge on any atom is -0.478 e. The van der Waals surface area contributed by atoms with Crippen LogP contribution in [0.15, 0.2) is 72.8 Å². The third-order valence-electron chi connectivity index (χ3n) is 4.94. The van der Waals surface area contributed by atoms with Gasteiger partial charge in [-0.15, -0.1) is 0 Å². The molecule has 0 aliphatic rings. The second kappa shape index (κ2) is 8.71. The van der Waals surface area contributed by atoms with Crippen LogP contribution in [0, 0.1) is 0 Å². The molecule has 0 unspecified atom stereocenters. The standard InChI is InChI=1S/C24H20O7/c1-24(2,18-9-13-20(14-10-18)31-23(28)29)17-7-11-19(12-8-17)30-22(27)16-5-3-15(4-6-16)21(25)26/h3-14H,1-2H3,(H,25,26)(H,28,29). The molecular weight excluding hydrogens is 400 g/mol. The van der Waals surface area contributed by atoms with E-state index in [0.29, 0.717) is 5.75 Å². The molecule has 3 aromatic carbocycles. The van der Waals surface area contributed by atoms with E-state index in [0.717, 1.165) is 11.1 Å². The Morgan fingerprint density at radius 3 is 1.48 bits per heavy atom. The second-order valence-electron chi connectivity index (χ2n) is 7.31. The Labute approximate surface area is 178 Å². The summed E-state index contributed by atoms with van der Waals surface area (Å²) in [5.41, 5.74) is 1.86. The zero-order valence-electron chi connectivity index (χ0n) is 16.9. The Kier molecular flexibility index (Phi) is 6.06. The first-order valence-corrected chi connectivity index (χ1v) is 9.34. The van der Waals surface area contributed by atoms with Gasteiger partial charge in [-0.25, -0.2) is 14.4 Å². The monoisotopic (exact) mass is 420 g/mol. The van der Waals surface area contributed by atoms with Crippen molar-refractivity contribution >= 4 is 18.1 Å². The van der Waals surface area contributed by atoms with E-state index in [-0.39, 0.29) is 16.9 Å². The summed E-state index contributed by atoms with van der Waals surface area (Å²) in [5, 5.41) is 17.6. The normalized spacial score (nSPS) is 10.9. The lowest BCUT2D eigenvalue weighted by Crippen LogP contribution is -2.19. The van der Waals surface area contributed by atoms with Crippen LogP contribution in [0.5, 0.6) is 11.5 Å². The van der Waals surface area contributed by atoms with Crippen molar-refractivity contribution in [1.82, 2.24) is 0 Å². The van der Waals surface area contributed by atoms with Crippen LogP contribution < -0.4 is 9.47 Å². The molecule has 158 valence electrons. The van der Waals surface area contributed by atoms with E-state index >= 15 is 0 Å². The molecule has 0 aliphatic heterocycles. The molecule has 0 heterocycles. The van der Waals surface area contributed by atoms with Crippen LogP contribution in [0.25, 0.3) is 0 Å². The number of esters is 1. The number of carboxylic acids is 1. The topological polar surface area (TPSA) is 110 Å². The Morgan fingerprint density at radius 2 is 1.06 bits per heavy atom. The molecule has 0 amide bonds. The molecular formula is C24H20O7. The molecule has 7 nitrogen and oxygen atoms in total. The van der Waals surface area contributed by atoms with E-state index in [9.17, 15) is 14.4 Å². The highest BCUT2D eigenvalue weighted by molar-refractivity contribution is 5.93. The molecule has 0 aliphatic carbocycles. The third kappa shape index (κ3) is 5.08. The summed E-state index contributed by atoms with van der Waals surface area (Å²) in [4.78, 5) is 33.8. The number of benzene rings is 3. The van der Waals surface area contributed by atoms with Gasteiger partial charge in [0.2, 0.25) is 0 Å².